The average molecular weight is 488 g/mol. The number of nitrogens with one attached hydrogen (secondary N) is 2. The standard InChI is InChI=1S/C18H24N4O2S.HI/c1-12(2)17-21-14(11-25-17)10-20-18(19-3)22-13-5-6-15-16(9-13)24-8-4-7-23-15;/h5-6,9,11-12H,4,7-8,10H2,1-3H3,(H2,19,20,22);1H. The predicted octanol–water partition coefficient (Wildman–Crippen LogP) is 4.23. The van der Waals surface area contributed by atoms with Crippen LogP contribution in [0.25, 0.3) is 0 Å². The number of aliphatic imine (C=N–C) groups is 1. The molecule has 0 unspecified atom stereocenters. The van der Waals surface area contributed by atoms with Gasteiger partial charge in [-0.1, -0.05) is 13.8 Å². The van der Waals surface area contributed by atoms with Gasteiger partial charge in [0.2, 0.25) is 0 Å². The molecule has 0 aliphatic carbocycles. The van der Waals surface area contributed by atoms with Crippen LogP contribution in [0, 0.1) is 0 Å². The van der Waals surface area contributed by atoms with Crippen molar-refractivity contribution < 1.29 is 9.47 Å². The predicted molar refractivity (Wildman–Crippen MR) is 117 cm³/mol. The van der Waals surface area contributed by atoms with E-state index in [1.165, 1.54) is 0 Å². The Morgan fingerprint density at radius 1 is 1.27 bits per heavy atom. The maximum Gasteiger partial charge on any atom is 0.195 e. The van der Waals surface area contributed by atoms with Crippen LogP contribution in [0.15, 0.2) is 28.6 Å². The zero-order valence-corrected chi connectivity index (χ0v) is 18.4. The first kappa shape index (κ1) is 20.8. The zero-order chi connectivity index (χ0) is 17.6. The van der Waals surface area contributed by atoms with Gasteiger partial charge in [-0.05, 0) is 12.1 Å². The Morgan fingerprint density at radius 2 is 2.04 bits per heavy atom. The molecule has 0 spiro atoms. The highest BCUT2D eigenvalue weighted by Crippen LogP contribution is 2.32. The summed E-state index contributed by atoms with van der Waals surface area (Å²) in [6.07, 6.45) is 0.896. The van der Waals surface area contributed by atoms with Crippen LogP contribution in [0.3, 0.4) is 0 Å². The van der Waals surface area contributed by atoms with Gasteiger partial charge in [-0.2, -0.15) is 0 Å². The summed E-state index contributed by atoms with van der Waals surface area (Å²) in [6, 6.07) is 5.82. The lowest BCUT2D eigenvalue weighted by atomic mass is 10.2. The monoisotopic (exact) mass is 488 g/mol. The highest BCUT2D eigenvalue weighted by atomic mass is 127. The quantitative estimate of drug-likeness (QED) is 0.383. The molecule has 1 aromatic heterocycles. The first-order chi connectivity index (χ1) is 12.2. The van der Waals surface area contributed by atoms with Gasteiger partial charge in [0.15, 0.2) is 17.5 Å². The van der Waals surface area contributed by atoms with Crippen LogP contribution >= 0.6 is 35.3 Å². The van der Waals surface area contributed by atoms with Gasteiger partial charge in [0.05, 0.1) is 30.5 Å². The van der Waals surface area contributed by atoms with Crippen LogP contribution in [0.2, 0.25) is 0 Å². The Balaban J connectivity index is 0.00000243. The second-order valence-corrected chi connectivity index (χ2v) is 6.98. The molecular weight excluding hydrogens is 463 g/mol. The molecular formula is C18H25IN4O2S. The fourth-order valence-corrected chi connectivity index (χ4v) is 3.24. The lowest BCUT2D eigenvalue weighted by Gasteiger charge is -2.13. The molecule has 2 N–H and O–H groups in total. The van der Waals surface area contributed by atoms with Crippen molar-refractivity contribution in [2.45, 2.75) is 32.7 Å². The van der Waals surface area contributed by atoms with E-state index in [0.717, 1.165) is 34.3 Å². The molecule has 0 atom stereocenters. The maximum absolute atomic E-state index is 5.72. The lowest BCUT2D eigenvalue weighted by molar-refractivity contribution is 0.297. The maximum atomic E-state index is 5.72. The molecule has 0 bridgehead atoms. The molecule has 142 valence electrons. The Labute approximate surface area is 175 Å². The van der Waals surface area contributed by atoms with Crippen molar-refractivity contribution in [2.75, 3.05) is 25.6 Å². The van der Waals surface area contributed by atoms with Gasteiger partial charge in [-0.25, -0.2) is 4.98 Å². The van der Waals surface area contributed by atoms with Crippen molar-refractivity contribution in [1.82, 2.24) is 10.3 Å². The Morgan fingerprint density at radius 3 is 2.73 bits per heavy atom. The molecule has 2 aromatic rings. The van der Waals surface area contributed by atoms with Crippen molar-refractivity contribution in [3.05, 3.63) is 34.3 Å². The number of fused-ring (bicyclic) bond motifs is 1. The highest BCUT2D eigenvalue weighted by Gasteiger charge is 2.12. The van der Waals surface area contributed by atoms with E-state index in [9.17, 15) is 0 Å². The third-order valence-corrected chi connectivity index (χ3v) is 4.93. The molecule has 0 saturated heterocycles. The van der Waals surface area contributed by atoms with E-state index in [2.05, 4.69) is 39.8 Å². The molecule has 1 aliphatic rings. The second-order valence-electron chi connectivity index (χ2n) is 6.09. The molecule has 1 aliphatic heterocycles. The van der Waals surface area contributed by atoms with Crippen LogP contribution in [0.4, 0.5) is 5.69 Å². The summed E-state index contributed by atoms with van der Waals surface area (Å²) < 4.78 is 11.4. The van der Waals surface area contributed by atoms with Crippen molar-refractivity contribution in [3.8, 4) is 11.5 Å². The fraction of sp³-hybridized carbons (Fsp3) is 0.444. The van der Waals surface area contributed by atoms with Gasteiger partial charge in [0.1, 0.15) is 0 Å². The number of aromatic nitrogens is 1. The van der Waals surface area contributed by atoms with Crippen LogP contribution in [-0.4, -0.2) is 31.2 Å². The molecule has 0 saturated carbocycles. The summed E-state index contributed by atoms with van der Waals surface area (Å²) in [5.41, 5.74) is 1.92. The minimum atomic E-state index is 0. The average Bonchev–Trinajstić information content (AvgIpc) is 2.97. The minimum Gasteiger partial charge on any atom is -0.490 e. The summed E-state index contributed by atoms with van der Waals surface area (Å²) >= 11 is 1.70. The van der Waals surface area contributed by atoms with Crippen molar-refractivity contribution in [3.63, 3.8) is 0 Å². The fourth-order valence-electron chi connectivity index (χ4n) is 2.40. The van der Waals surface area contributed by atoms with E-state index in [-0.39, 0.29) is 24.0 Å². The SMILES string of the molecule is CN=C(NCc1csc(C(C)C)n1)Nc1ccc2c(c1)OCCCO2.I. The topological polar surface area (TPSA) is 67.8 Å². The molecule has 3 rings (SSSR count). The summed E-state index contributed by atoms with van der Waals surface area (Å²) in [7, 11) is 1.75. The van der Waals surface area contributed by atoms with Gasteiger partial charge in [0.25, 0.3) is 0 Å². The molecule has 2 heterocycles. The number of benzene rings is 1. The van der Waals surface area contributed by atoms with E-state index in [1.54, 1.807) is 18.4 Å². The molecule has 26 heavy (non-hydrogen) atoms. The van der Waals surface area contributed by atoms with Crippen LogP contribution in [0.1, 0.15) is 36.9 Å². The Hall–Kier alpha value is -1.55. The lowest BCUT2D eigenvalue weighted by Crippen LogP contribution is -2.30. The number of thiazole rings is 1. The third kappa shape index (κ3) is 5.47. The number of ether oxygens (including phenoxy) is 2. The highest BCUT2D eigenvalue weighted by molar-refractivity contribution is 14.0. The largest absolute Gasteiger partial charge is 0.490 e. The first-order valence-electron chi connectivity index (χ1n) is 8.47. The van der Waals surface area contributed by atoms with Gasteiger partial charge in [-0.15, -0.1) is 35.3 Å². The molecule has 8 heteroatoms. The summed E-state index contributed by atoms with van der Waals surface area (Å²) in [5.74, 6) is 2.69. The molecule has 0 radical (unpaired) electrons. The van der Waals surface area contributed by atoms with Gasteiger partial charge < -0.3 is 20.1 Å². The number of hydrogen-bond acceptors (Lipinski definition) is 5. The summed E-state index contributed by atoms with van der Waals surface area (Å²) in [5, 5.41) is 9.81. The van der Waals surface area contributed by atoms with Crippen LogP contribution in [0.5, 0.6) is 11.5 Å². The van der Waals surface area contributed by atoms with Gasteiger partial charge in [-0.3, -0.25) is 4.99 Å². The number of halogens is 1. The molecule has 0 amide bonds. The molecule has 6 nitrogen and oxygen atoms in total. The van der Waals surface area contributed by atoms with E-state index in [4.69, 9.17) is 9.47 Å². The number of hydrogen-bond donors (Lipinski definition) is 2. The molecule has 1 aromatic carbocycles. The molecule has 0 fully saturated rings. The van der Waals surface area contributed by atoms with Crippen molar-refractivity contribution in [2.24, 2.45) is 4.99 Å². The normalized spacial score (nSPS) is 13.8. The summed E-state index contributed by atoms with van der Waals surface area (Å²) in [6.45, 7) is 6.30. The number of nitrogens with zero attached hydrogens (tertiary/aromatic N) is 2. The van der Waals surface area contributed by atoms with Crippen molar-refractivity contribution >= 4 is 47.0 Å². The number of guanidine groups is 1. The van der Waals surface area contributed by atoms with Crippen LogP contribution in [-0.2, 0) is 6.54 Å². The first-order valence-corrected chi connectivity index (χ1v) is 9.35. The Bertz CT molecular complexity index is 749. The van der Waals surface area contributed by atoms with Crippen LogP contribution < -0.4 is 20.1 Å². The van der Waals surface area contributed by atoms with Crippen molar-refractivity contribution in [1.29, 1.82) is 0 Å². The second kappa shape index (κ2) is 9.96. The van der Waals surface area contributed by atoms with E-state index in [1.807, 2.05) is 18.2 Å². The van der Waals surface area contributed by atoms with E-state index >= 15 is 0 Å². The minimum absolute atomic E-state index is 0. The third-order valence-electron chi connectivity index (χ3n) is 3.73. The van der Waals surface area contributed by atoms with Gasteiger partial charge >= 0.3 is 0 Å². The number of rotatable bonds is 4. The summed E-state index contributed by atoms with van der Waals surface area (Å²) in [4.78, 5) is 8.90. The van der Waals surface area contributed by atoms with E-state index in [0.29, 0.717) is 31.6 Å². The van der Waals surface area contributed by atoms with Gasteiger partial charge in [0, 0.05) is 36.5 Å². The van der Waals surface area contributed by atoms with E-state index < -0.39 is 0 Å². The Kier molecular flexibility index (Phi) is 7.95. The zero-order valence-electron chi connectivity index (χ0n) is 15.2. The number of anilines is 1. The smallest absolute Gasteiger partial charge is 0.195 e.